The van der Waals surface area contributed by atoms with Crippen molar-refractivity contribution in [1.29, 1.82) is 0 Å². The van der Waals surface area contributed by atoms with Gasteiger partial charge in [-0.15, -0.1) is 0 Å². The molecule has 2 N–H and O–H groups in total. The Hall–Kier alpha value is -3.26. The van der Waals surface area contributed by atoms with Crippen molar-refractivity contribution >= 4 is 16.9 Å². The van der Waals surface area contributed by atoms with E-state index in [2.05, 4.69) is 0 Å². The van der Waals surface area contributed by atoms with E-state index in [-0.39, 0.29) is 30.8 Å². The molecule has 0 aliphatic heterocycles. The lowest BCUT2D eigenvalue weighted by atomic mass is 9.98. The van der Waals surface area contributed by atoms with Crippen molar-refractivity contribution in [3.8, 4) is 5.75 Å². The first-order valence-corrected chi connectivity index (χ1v) is 10.2. The van der Waals surface area contributed by atoms with Gasteiger partial charge < -0.3 is 19.5 Å². The number of carbonyl (C=O) groups is 1. The molecule has 0 radical (unpaired) electrons. The third-order valence-corrected chi connectivity index (χ3v) is 5.66. The number of hydrogen-bond acceptors (Lipinski definition) is 4. The van der Waals surface area contributed by atoms with Crippen LogP contribution in [0.2, 0.25) is 0 Å². The number of aromatic nitrogens is 1. The van der Waals surface area contributed by atoms with E-state index in [9.17, 15) is 28.6 Å². The number of carboxylic acids is 1. The monoisotopic (exact) mass is 445 g/mol. The summed E-state index contributed by atoms with van der Waals surface area (Å²) in [5, 5.41) is 19.6. The van der Waals surface area contributed by atoms with Crippen LogP contribution in [0.5, 0.6) is 5.75 Å². The van der Waals surface area contributed by atoms with Crippen LogP contribution >= 0.6 is 0 Å². The van der Waals surface area contributed by atoms with Gasteiger partial charge in [0.15, 0.2) is 0 Å². The number of carboxylic acid groups (broad SMARTS) is 1. The largest absolute Gasteiger partial charge is 0.496 e. The number of halogens is 2. The number of aliphatic hydroxyl groups is 1. The molecular weight excluding hydrogens is 420 g/mol. The average molecular weight is 445 g/mol. The second-order valence-corrected chi connectivity index (χ2v) is 8.00. The van der Waals surface area contributed by atoms with E-state index in [0.29, 0.717) is 22.4 Å². The van der Waals surface area contributed by atoms with Crippen molar-refractivity contribution in [2.24, 2.45) is 5.92 Å². The minimum atomic E-state index is -1.36. The number of aryl methyl sites for hydroxylation is 2. The molecule has 2 aromatic carbocycles. The molecule has 0 saturated carbocycles. The van der Waals surface area contributed by atoms with Gasteiger partial charge in [-0.3, -0.25) is 4.79 Å². The quantitative estimate of drug-likeness (QED) is 0.548. The number of pyridine rings is 1. The molecule has 32 heavy (non-hydrogen) atoms. The molecule has 1 heterocycles. The third-order valence-electron chi connectivity index (χ3n) is 5.66. The predicted molar refractivity (Wildman–Crippen MR) is 116 cm³/mol. The summed E-state index contributed by atoms with van der Waals surface area (Å²) in [6.45, 7) is 3.52. The summed E-state index contributed by atoms with van der Waals surface area (Å²) < 4.78 is 34.3. The lowest BCUT2D eigenvalue weighted by Crippen LogP contribution is -2.25. The van der Waals surface area contributed by atoms with Crippen molar-refractivity contribution in [2.45, 2.75) is 32.7 Å². The first-order valence-electron chi connectivity index (χ1n) is 10.2. The van der Waals surface area contributed by atoms with Crippen LogP contribution in [-0.4, -0.2) is 34.5 Å². The van der Waals surface area contributed by atoms with Crippen molar-refractivity contribution in [2.75, 3.05) is 13.7 Å². The molecule has 3 aromatic rings. The molecule has 1 aromatic heterocycles. The van der Waals surface area contributed by atoms with Crippen LogP contribution in [0, 0.1) is 17.6 Å². The number of ether oxygens (including phenoxy) is 1. The highest BCUT2D eigenvalue weighted by molar-refractivity contribution is 5.93. The van der Waals surface area contributed by atoms with Gasteiger partial charge in [0, 0.05) is 23.7 Å². The summed E-state index contributed by atoms with van der Waals surface area (Å²) >= 11 is 0. The van der Waals surface area contributed by atoms with Crippen LogP contribution in [0.4, 0.5) is 8.78 Å². The Labute approximate surface area is 183 Å². The minimum absolute atomic E-state index is 0.0422. The normalized spacial score (nSPS) is 12.3. The fraction of sp³-hybridized carbons (Fsp3) is 0.333. The molecule has 0 bridgehead atoms. The number of rotatable bonds is 8. The zero-order valence-electron chi connectivity index (χ0n) is 18.1. The van der Waals surface area contributed by atoms with Gasteiger partial charge >= 0.3 is 5.97 Å². The average Bonchev–Trinajstić information content (AvgIpc) is 2.74. The maximum absolute atomic E-state index is 14.0. The van der Waals surface area contributed by atoms with Gasteiger partial charge in [-0.05, 0) is 42.0 Å². The van der Waals surface area contributed by atoms with Gasteiger partial charge in [-0.25, -0.2) is 13.6 Å². The van der Waals surface area contributed by atoms with Gasteiger partial charge in [0.2, 0.25) is 5.43 Å². The highest BCUT2D eigenvalue weighted by atomic mass is 19.1. The van der Waals surface area contributed by atoms with Crippen molar-refractivity contribution < 1.29 is 28.5 Å². The first-order chi connectivity index (χ1) is 15.2. The van der Waals surface area contributed by atoms with Crippen LogP contribution in [0.3, 0.4) is 0 Å². The van der Waals surface area contributed by atoms with Crippen molar-refractivity contribution in [1.82, 2.24) is 4.57 Å². The topological polar surface area (TPSA) is 88.8 Å². The van der Waals surface area contributed by atoms with Crippen molar-refractivity contribution in [3.63, 3.8) is 0 Å². The second-order valence-electron chi connectivity index (χ2n) is 8.00. The fourth-order valence-corrected chi connectivity index (χ4v) is 3.85. The first kappa shape index (κ1) is 23.4. The standard InChI is InChI=1S/C24H25F2NO5/c1-13(2)21(12-28)27-11-18(24(30)31)23(29)17-8-15(22(32-3)10-20(17)27)5-4-14-6-7-16(25)9-19(14)26/h6-11,13,21,28H,4-5,12H2,1-3H3,(H,30,31)/t21-/m1/s1. The number of fused-ring (bicyclic) bond motifs is 1. The molecule has 0 aliphatic carbocycles. The zero-order chi connectivity index (χ0) is 23.6. The Bertz CT molecular complexity index is 1220. The van der Waals surface area contributed by atoms with Crippen LogP contribution in [-0.2, 0) is 12.8 Å². The van der Waals surface area contributed by atoms with Crippen LogP contribution in [0.1, 0.15) is 41.4 Å². The number of methoxy groups -OCH3 is 1. The smallest absolute Gasteiger partial charge is 0.341 e. The molecule has 6 nitrogen and oxygen atoms in total. The fourth-order valence-electron chi connectivity index (χ4n) is 3.85. The van der Waals surface area contributed by atoms with Gasteiger partial charge in [0.05, 0.1) is 25.3 Å². The van der Waals surface area contributed by atoms with Crippen LogP contribution < -0.4 is 10.2 Å². The Morgan fingerprint density at radius 2 is 1.81 bits per heavy atom. The number of hydrogen-bond donors (Lipinski definition) is 2. The SMILES string of the molecule is COc1cc2c(cc1CCc1ccc(F)cc1F)c(=O)c(C(=O)O)cn2[C@H](CO)C(C)C. The van der Waals surface area contributed by atoms with E-state index < -0.39 is 34.6 Å². The summed E-state index contributed by atoms with van der Waals surface area (Å²) in [6.07, 6.45) is 1.76. The summed E-state index contributed by atoms with van der Waals surface area (Å²) in [5.74, 6) is -2.30. The van der Waals surface area contributed by atoms with Gasteiger partial charge in [0.1, 0.15) is 22.9 Å². The summed E-state index contributed by atoms with van der Waals surface area (Å²) in [5.41, 5.74) is 0.269. The van der Waals surface area contributed by atoms with E-state index in [1.807, 2.05) is 13.8 Å². The van der Waals surface area contributed by atoms with E-state index in [1.54, 1.807) is 16.7 Å². The second kappa shape index (κ2) is 9.48. The van der Waals surface area contributed by atoms with E-state index in [1.165, 1.54) is 25.4 Å². The van der Waals surface area contributed by atoms with Crippen LogP contribution in [0.15, 0.2) is 41.3 Å². The molecule has 0 saturated heterocycles. The number of aromatic carboxylic acids is 1. The highest BCUT2D eigenvalue weighted by Gasteiger charge is 2.22. The van der Waals surface area contributed by atoms with Gasteiger partial charge in [0.25, 0.3) is 0 Å². The molecular formula is C24H25F2NO5. The van der Waals surface area contributed by atoms with Crippen LogP contribution in [0.25, 0.3) is 10.9 Å². The molecule has 1 atom stereocenters. The van der Waals surface area contributed by atoms with Gasteiger partial charge in [-0.1, -0.05) is 19.9 Å². The zero-order valence-corrected chi connectivity index (χ0v) is 18.1. The summed E-state index contributed by atoms with van der Waals surface area (Å²) in [7, 11) is 1.46. The lowest BCUT2D eigenvalue weighted by molar-refractivity contribution is 0.0694. The Kier molecular flexibility index (Phi) is 6.93. The minimum Gasteiger partial charge on any atom is -0.496 e. The highest BCUT2D eigenvalue weighted by Crippen LogP contribution is 2.30. The number of benzene rings is 2. The molecule has 0 spiro atoms. The molecule has 170 valence electrons. The molecule has 0 aliphatic rings. The Balaban J connectivity index is 2.18. The van der Waals surface area contributed by atoms with Gasteiger partial charge in [-0.2, -0.15) is 0 Å². The molecule has 3 rings (SSSR count). The molecule has 0 fully saturated rings. The Morgan fingerprint density at radius 3 is 2.38 bits per heavy atom. The lowest BCUT2D eigenvalue weighted by Gasteiger charge is -2.25. The third kappa shape index (κ3) is 4.50. The van der Waals surface area contributed by atoms with E-state index >= 15 is 0 Å². The molecule has 8 heteroatoms. The Morgan fingerprint density at radius 1 is 1.12 bits per heavy atom. The predicted octanol–water partition coefficient (Wildman–Crippen LogP) is 3.96. The summed E-state index contributed by atoms with van der Waals surface area (Å²) in [6, 6.07) is 6.07. The maximum atomic E-state index is 14.0. The molecule has 0 amide bonds. The van der Waals surface area contributed by atoms with Crippen molar-refractivity contribution in [3.05, 3.63) is 75.1 Å². The summed E-state index contributed by atoms with van der Waals surface area (Å²) in [4.78, 5) is 24.6. The number of aliphatic hydroxyl groups excluding tert-OH is 1. The van der Waals surface area contributed by atoms with E-state index in [4.69, 9.17) is 4.74 Å². The molecule has 0 unspecified atom stereocenters. The maximum Gasteiger partial charge on any atom is 0.341 e. The van der Waals surface area contributed by atoms with E-state index in [0.717, 1.165) is 6.07 Å². The number of nitrogens with zero attached hydrogens (tertiary/aromatic N) is 1.